The van der Waals surface area contributed by atoms with Crippen LogP contribution in [-0.4, -0.2) is 29.8 Å². The molecule has 0 spiro atoms. The van der Waals surface area contributed by atoms with Crippen molar-refractivity contribution in [1.29, 1.82) is 0 Å². The van der Waals surface area contributed by atoms with Crippen molar-refractivity contribution >= 4 is 5.82 Å². The predicted octanol–water partition coefficient (Wildman–Crippen LogP) is 1.06. The summed E-state index contributed by atoms with van der Waals surface area (Å²) < 4.78 is 0. The highest BCUT2D eigenvalue weighted by atomic mass is 16.3. The van der Waals surface area contributed by atoms with Crippen LogP contribution in [0.15, 0.2) is 18.3 Å². The number of aliphatic hydroxyl groups is 1. The lowest BCUT2D eigenvalue weighted by atomic mass is 10.1. The molecule has 1 saturated heterocycles. The van der Waals surface area contributed by atoms with Gasteiger partial charge in [-0.1, -0.05) is 6.07 Å². The molecular formula is C12H19N3O. The van der Waals surface area contributed by atoms with E-state index in [-0.39, 0.29) is 12.6 Å². The average Bonchev–Trinajstić information content (AvgIpc) is 2.39. The minimum atomic E-state index is -0.328. The molecule has 0 radical (unpaired) electrons. The van der Waals surface area contributed by atoms with Crippen molar-refractivity contribution in [2.24, 2.45) is 5.73 Å². The van der Waals surface area contributed by atoms with E-state index in [0.29, 0.717) is 0 Å². The lowest BCUT2D eigenvalue weighted by Crippen LogP contribution is -2.32. The molecule has 16 heavy (non-hydrogen) atoms. The highest BCUT2D eigenvalue weighted by Gasteiger charge is 2.18. The smallest absolute Gasteiger partial charge is 0.133 e. The Hall–Kier alpha value is -1.13. The van der Waals surface area contributed by atoms with Gasteiger partial charge >= 0.3 is 0 Å². The third-order valence-corrected chi connectivity index (χ3v) is 3.07. The fourth-order valence-corrected chi connectivity index (χ4v) is 2.17. The number of pyridine rings is 1. The molecule has 1 aliphatic heterocycles. The Morgan fingerprint density at radius 2 is 2.12 bits per heavy atom. The second-order valence-corrected chi connectivity index (χ2v) is 4.25. The van der Waals surface area contributed by atoms with Crippen LogP contribution in [0, 0.1) is 0 Å². The zero-order chi connectivity index (χ0) is 11.4. The molecule has 0 unspecified atom stereocenters. The highest BCUT2D eigenvalue weighted by molar-refractivity contribution is 5.48. The van der Waals surface area contributed by atoms with Crippen molar-refractivity contribution in [3.05, 3.63) is 23.9 Å². The molecule has 0 saturated carbocycles. The number of aliphatic hydroxyl groups excluding tert-OH is 1. The van der Waals surface area contributed by atoms with Crippen molar-refractivity contribution in [2.45, 2.75) is 25.3 Å². The standard InChI is InChI=1S/C12H19N3O/c13-11(9-16)10-5-4-6-14-12(10)15-7-2-1-3-8-15/h4-6,11,16H,1-3,7-9,13H2/t11-/m1/s1. The van der Waals surface area contributed by atoms with E-state index < -0.39 is 0 Å². The molecule has 1 aromatic heterocycles. The van der Waals surface area contributed by atoms with Crippen LogP contribution in [0.5, 0.6) is 0 Å². The Morgan fingerprint density at radius 3 is 2.81 bits per heavy atom. The maximum Gasteiger partial charge on any atom is 0.133 e. The van der Waals surface area contributed by atoms with E-state index >= 15 is 0 Å². The summed E-state index contributed by atoms with van der Waals surface area (Å²) in [5.74, 6) is 0.948. The Balaban J connectivity index is 2.24. The SMILES string of the molecule is N[C@H](CO)c1cccnc1N1CCCCC1. The summed E-state index contributed by atoms with van der Waals surface area (Å²) in [6.45, 7) is 2.05. The molecule has 0 aromatic carbocycles. The summed E-state index contributed by atoms with van der Waals surface area (Å²) in [4.78, 5) is 6.68. The number of rotatable bonds is 3. The van der Waals surface area contributed by atoms with Gasteiger partial charge in [0.1, 0.15) is 5.82 Å². The fourth-order valence-electron chi connectivity index (χ4n) is 2.17. The molecular weight excluding hydrogens is 202 g/mol. The molecule has 4 heteroatoms. The Morgan fingerprint density at radius 1 is 1.38 bits per heavy atom. The molecule has 4 nitrogen and oxygen atoms in total. The van der Waals surface area contributed by atoms with Crippen molar-refractivity contribution in [3.8, 4) is 0 Å². The van der Waals surface area contributed by atoms with E-state index in [9.17, 15) is 0 Å². The fraction of sp³-hybridized carbons (Fsp3) is 0.583. The van der Waals surface area contributed by atoms with Crippen LogP contribution in [-0.2, 0) is 0 Å². The predicted molar refractivity (Wildman–Crippen MR) is 64.3 cm³/mol. The van der Waals surface area contributed by atoms with Gasteiger partial charge in [0.25, 0.3) is 0 Å². The summed E-state index contributed by atoms with van der Waals surface area (Å²) in [6, 6.07) is 3.50. The van der Waals surface area contributed by atoms with E-state index in [4.69, 9.17) is 10.8 Å². The molecule has 1 aromatic rings. The number of aromatic nitrogens is 1. The Kier molecular flexibility index (Phi) is 3.74. The third kappa shape index (κ3) is 2.33. The molecule has 2 heterocycles. The normalized spacial score (nSPS) is 18.5. The summed E-state index contributed by atoms with van der Waals surface area (Å²) in [6.07, 6.45) is 5.51. The van der Waals surface area contributed by atoms with Gasteiger partial charge < -0.3 is 15.7 Å². The summed E-state index contributed by atoms with van der Waals surface area (Å²) in [5.41, 5.74) is 6.84. The first-order valence-electron chi connectivity index (χ1n) is 5.89. The first kappa shape index (κ1) is 11.4. The lowest BCUT2D eigenvalue weighted by Gasteiger charge is -2.30. The molecule has 0 amide bonds. The molecule has 1 atom stereocenters. The van der Waals surface area contributed by atoms with Gasteiger partial charge in [-0.05, 0) is 25.3 Å². The van der Waals surface area contributed by atoms with Crippen LogP contribution < -0.4 is 10.6 Å². The van der Waals surface area contributed by atoms with Gasteiger partial charge in [0, 0.05) is 24.8 Å². The number of nitrogens with two attached hydrogens (primary N) is 1. The average molecular weight is 221 g/mol. The number of piperidine rings is 1. The second kappa shape index (κ2) is 5.27. The van der Waals surface area contributed by atoms with Crippen LogP contribution in [0.4, 0.5) is 5.82 Å². The maximum absolute atomic E-state index is 9.14. The molecule has 2 rings (SSSR count). The van der Waals surface area contributed by atoms with Gasteiger partial charge in [-0.3, -0.25) is 0 Å². The zero-order valence-electron chi connectivity index (χ0n) is 9.47. The van der Waals surface area contributed by atoms with Crippen LogP contribution in [0.1, 0.15) is 30.9 Å². The van der Waals surface area contributed by atoms with E-state index in [2.05, 4.69) is 9.88 Å². The van der Waals surface area contributed by atoms with Gasteiger partial charge in [-0.25, -0.2) is 4.98 Å². The van der Waals surface area contributed by atoms with Crippen LogP contribution in [0.2, 0.25) is 0 Å². The molecule has 88 valence electrons. The third-order valence-electron chi connectivity index (χ3n) is 3.07. The van der Waals surface area contributed by atoms with E-state index in [1.807, 2.05) is 12.1 Å². The van der Waals surface area contributed by atoms with Gasteiger partial charge in [0.15, 0.2) is 0 Å². The molecule has 1 aliphatic rings. The summed E-state index contributed by atoms with van der Waals surface area (Å²) >= 11 is 0. The number of anilines is 1. The molecule has 0 aliphatic carbocycles. The Bertz CT molecular complexity index is 337. The van der Waals surface area contributed by atoms with Gasteiger partial charge in [0.05, 0.1) is 12.6 Å². The molecule has 3 N–H and O–H groups in total. The quantitative estimate of drug-likeness (QED) is 0.801. The number of hydrogen-bond acceptors (Lipinski definition) is 4. The van der Waals surface area contributed by atoms with E-state index in [1.54, 1.807) is 6.20 Å². The zero-order valence-corrected chi connectivity index (χ0v) is 9.47. The topological polar surface area (TPSA) is 62.4 Å². The van der Waals surface area contributed by atoms with Crippen LogP contribution >= 0.6 is 0 Å². The minimum Gasteiger partial charge on any atom is -0.394 e. The van der Waals surface area contributed by atoms with Crippen molar-refractivity contribution in [1.82, 2.24) is 4.98 Å². The summed E-state index contributed by atoms with van der Waals surface area (Å²) in [5, 5.41) is 9.14. The highest BCUT2D eigenvalue weighted by Crippen LogP contribution is 2.25. The first-order chi connectivity index (χ1) is 7.83. The molecule has 0 bridgehead atoms. The van der Waals surface area contributed by atoms with Crippen LogP contribution in [0.25, 0.3) is 0 Å². The lowest BCUT2D eigenvalue weighted by molar-refractivity contribution is 0.268. The van der Waals surface area contributed by atoms with Gasteiger partial charge in [0.2, 0.25) is 0 Å². The summed E-state index contributed by atoms with van der Waals surface area (Å²) in [7, 11) is 0. The van der Waals surface area contributed by atoms with Crippen molar-refractivity contribution in [3.63, 3.8) is 0 Å². The van der Waals surface area contributed by atoms with Gasteiger partial charge in [-0.2, -0.15) is 0 Å². The number of nitrogens with zero attached hydrogens (tertiary/aromatic N) is 2. The van der Waals surface area contributed by atoms with E-state index in [0.717, 1.165) is 24.5 Å². The second-order valence-electron chi connectivity index (χ2n) is 4.25. The first-order valence-corrected chi connectivity index (χ1v) is 5.89. The maximum atomic E-state index is 9.14. The largest absolute Gasteiger partial charge is 0.394 e. The van der Waals surface area contributed by atoms with Crippen molar-refractivity contribution in [2.75, 3.05) is 24.6 Å². The minimum absolute atomic E-state index is 0.0352. The van der Waals surface area contributed by atoms with Gasteiger partial charge in [-0.15, -0.1) is 0 Å². The monoisotopic (exact) mass is 221 g/mol. The number of hydrogen-bond donors (Lipinski definition) is 2. The van der Waals surface area contributed by atoms with Crippen molar-refractivity contribution < 1.29 is 5.11 Å². The van der Waals surface area contributed by atoms with Crippen LogP contribution in [0.3, 0.4) is 0 Å². The molecule has 1 fully saturated rings. The van der Waals surface area contributed by atoms with E-state index in [1.165, 1.54) is 19.3 Å². The Labute approximate surface area is 96.1 Å².